The van der Waals surface area contributed by atoms with Crippen LogP contribution >= 0.6 is 7.92 Å². The van der Waals surface area contributed by atoms with Crippen LogP contribution in [0.2, 0.25) is 0 Å². The fourth-order valence-electron chi connectivity index (χ4n) is 1.74. The average Bonchev–Trinajstić information content (AvgIpc) is 2.46. The molecule has 0 saturated carbocycles. The summed E-state index contributed by atoms with van der Waals surface area (Å²) in [5.74, 6) is 2.27. The summed E-state index contributed by atoms with van der Waals surface area (Å²) >= 11 is 0. The molecule has 0 aliphatic heterocycles. The van der Waals surface area contributed by atoms with Gasteiger partial charge in [0.15, 0.2) is 0 Å². The van der Waals surface area contributed by atoms with Gasteiger partial charge in [-0.2, -0.15) is 0 Å². The maximum absolute atomic E-state index is 5.09. The lowest BCUT2D eigenvalue weighted by molar-refractivity contribution is 0.234. The molecule has 2 aromatic carbocycles. The third-order valence-corrected chi connectivity index (χ3v) is 4.80. The van der Waals surface area contributed by atoms with E-state index in [1.165, 1.54) is 10.6 Å². The zero-order valence-electron chi connectivity index (χ0n) is 10.5. The van der Waals surface area contributed by atoms with Crippen molar-refractivity contribution < 1.29 is 4.74 Å². The molecule has 18 heavy (non-hydrogen) atoms. The van der Waals surface area contributed by atoms with Crippen LogP contribution in [0.3, 0.4) is 0 Å². The van der Waals surface area contributed by atoms with Crippen LogP contribution in [0.25, 0.3) is 0 Å². The van der Waals surface area contributed by atoms with Gasteiger partial charge in [-0.25, -0.2) is 0 Å². The van der Waals surface area contributed by atoms with E-state index >= 15 is 0 Å². The molecule has 0 unspecified atom stereocenters. The van der Waals surface area contributed by atoms with Crippen molar-refractivity contribution in [2.45, 2.75) is 0 Å². The van der Waals surface area contributed by atoms with Crippen molar-refractivity contribution >= 4 is 18.5 Å². The molecule has 0 aromatic heterocycles. The standard InChI is InChI=1S/C16H17OP/c1-17-13-8-14-18(15-9-4-2-5-10-15)16-11-6-3-7-12-16/h2-12,14H,13H2,1H3/b14-8-. The first kappa shape index (κ1) is 13.0. The summed E-state index contributed by atoms with van der Waals surface area (Å²) in [4.78, 5) is 0. The van der Waals surface area contributed by atoms with Crippen LogP contribution in [0.4, 0.5) is 0 Å². The predicted molar refractivity (Wildman–Crippen MR) is 80.1 cm³/mol. The van der Waals surface area contributed by atoms with Gasteiger partial charge in [0.05, 0.1) is 6.61 Å². The Kier molecular flexibility index (Phi) is 5.14. The van der Waals surface area contributed by atoms with Crippen molar-refractivity contribution in [1.82, 2.24) is 0 Å². The van der Waals surface area contributed by atoms with Gasteiger partial charge in [0.25, 0.3) is 0 Å². The van der Waals surface area contributed by atoms with Crippen molar-refractivity contribution in [2.75, 3.05) is 13.7 Å². The van der Waals surface area contributed by atoms with Crippen LogP contribution in [0, 0.1) is 0 Å². The summed E-state index contributed by atoms with van der Waals surface area (Å²) in [6.07, 6.45) is 2.10. The molecule has 1 nitrogen and oxygen atoms in total. The first-order valence-electron chi connectivity index (χ1n) is 5.97. The van der Waals surface area contributed by atoms with Crippen molar-refractivity contribution in [3.63, 3.8) is 0 Å². The van der Waals surface area contributed by atoms with Gasteiger partial charge in [-0.1, -0.05) is 72.6 Å². The van der Waals surface area contributed by atoms with Crippen molar-refractivity contribution in [3.8, 4) is 0 Å². The Hall–Kier alpha value is -1.43. The summed E-state index contributed by atoms with van der Waals surface area (Å²) in [6.45, 7) is 0.665. The van der Waals surface area contributed by atoms with E-state index in [1.54, 1.807) is 7.11 Å². The molecule has 0 radical (unpaired) electrons. The highest BCUT2D eigenvalue weighted by Gasteiger charge is 2.08. The Balaban J connectivity index is 2.29. The smallest absolute Gasteiger partial charge is 0.0647 e. The van der Waals surface area contributed by atoms with Crippen molar-refractivity contribution in [1.29, 1.82) is 0 Å². The van der Waals surface area contributed by atoms with E-state index in [1.807, 2.05) is 0 Å². The molecule has 0 atom stereocenters. The van der Waals surface area contributed by atoms with Crippen LogP contribution in [0.15, 0.2) is 72.6 Å². The highest BCUT2D eigenvalue weighted by molar-refractivity contribution is 7.75. The summed E-state index contributed by atoms with van der Waals surface area (Å²) in [6, 6.07) is 21.3. The molecule has 0 heterocycles. The quantitative estimate of drug-likeness (QED) is 0.746. The van der Waals surface area contributed by atoms with Gasteiger partial charge in [0.1, 0.15) is 0 Å². The normalized spacial score (nSPS) is 11.2. The van der Waals surface area contributed by atoms with E-state index in [0.717, 1.165) is 0 Å². The van der Waals surface area contributed by atoms with Gasteiger partial charge in [-0.05, 0) is 18.5 Å². The zero-order chi connectivity index (χ0) is 12.6. The average molecular weight is 256 g/mol. The summed E-state index contributed by atoms with van der Waals surface area (Å²) < 4.78 is 5.09. The molecule has 0 saturated heterocycles. The van der Waals surface area contributed by atoms with Gasteiger partial charge >= 0.3 is 0 Å². The van der Waals surface area contributed by atoms with Crippen LogP contribution in [-0.2, 0) is 4.74 Å². The Morgan fingerprint density at radius 1 is 0.889 bits per heavy atom. The minimum absolute atomic E-state index is 0.423. The van der Waals surface area contributed by atoms with Crippen LogP contribution in [-0.4, -0.2) is 13.7 Å². The molecule has 0 N–H and O–H groups in total. The lowest BCUT2D eigenvalue weighted by Gasteiger charge is -2.14. The summed E-state index contributed by atoms with van der Waals surface area (Å²) in [7, 11) is 1.30. The van der Waals surface area contributed by atoms with Gasteiger partial charge in [-0.15, -0.1) is 0 Å². The number of rotatable bonds is 5. The molecule has 0 fully saturated rings. The van der Waals surface area contributed by atoms with E-state index in [4.69, 9.17) is 4.74 Å². The molecular formula is C16H17OP. The molecule has 0 aliphatic carbocycles. The number of methoxy groups -OCH3 is 1. The molecular weight excluding hydrogens is 239 g/mol. The van der Waals surface area contributed by atoms with Gasteiger partial charge in [0.2, 0.25) is 0 Å². The highest BCUT2D eigenvalue weighted by Crippen LogP contribution is 2.34. The molecule has 2 heteroatoms. The Morgan fingerprint density at radius 2 is 1.39 bits per heavy atom. The maximum atomic E-state index is 5.09. The van der Waals surface area contributed by atoms with Crippen molar-refractivity contribution in [2.24, 2.45) is 0 Å². The fraction of sp³-hybridized carbons (Fsp3) is 0.125. The molecule has 0 amide bonds. The van der Waals surface area contributed by atoms with E-state index in [0.29, 0.717) is 6.61 Å². The predicted octanol–water partition coefficient (Wildman–Crippen LogP) is 3.28. The van der Waals surface area contributed by atoms with E-state index < -0.39 is 7.92 Å². The number of benzene rings is 2. The molecule has 92 valence electrons. The second-order valence-corrected chi connectivity index (χ2v) is 5.95. The number of hydrogen-bond donors (Lipinski definition) is 0. The topological polar surface area (TPSA) is 9.23 Å². The molecule has 2 aromatic rings. The maximum Gasteiger partial charge on any atom is 0.0647 e. The summed E-state index contributed by atoms with van der Waals surface area (Å²) in [5, 5.41) is 2.73. The van der Waals surface area contributed by atoms with E-state index in [2.05, 4.69) is 72.6 Å². The molecule has 0 aliphatic rings. The third-order valence-electron chi connectivity index (χ3n) is 2.59. The van der Waals surface area contributed by atoms with Crippen LogP contribution < -0.4 is 10.6 Å². The Labute approximate surface area is 110 Å². The van der Waals surface area contributed by atoms with Gasteiger partial charge in [0, 0.05) is 7.11 Å². The lowest BCUT2D eigenvalue weighted by atomic mass is 10.4. The monoisotopic (exact) mass is 256 g/mol. The summed E-state index contributed by atoms with van der Waals surface area (Å²) in [5.41, 5.74) is 0. The van der Waals surface area contributed by atoms with Crippen LogP contribution in [0.1, 0.15) is 0 Å². The minimum Gasteiger partial charge on any atom is -0.381 e. The van der Waals surface area contributed by atoms with Crippen molar-refractivity contribution in [3.05, 3.63) is 72.6 Å². The first-order chi connectivity index (χ1) is 8.92. The third kappa shape index (κ3) is 3.53. The van der Waals surface area contributed by atoms with Gasteiger partial charge < -0.3 is 4.74 Å². The second-order valence-electron chi connectivity index (χ2n) is 3.88. The minimum atomic E-state index is -0.423. The van der Waals surface area contributed by atoms with E-state index in [9.17, 15) is 0 Å². The van der Waals surface area contributed by atoms with Crippen LogP contribution in [0.5, 0.6) is 0 Å². The molecule has 0 spiro atoms. The Morgan fingerprint density at radius 3 is 1.83 bits per heavy atom. The largest absolute Gasteiger partial charge is 0.381 e. The number of hydrogen-bond acceptors (Lipinski definition) is 1. The molecule has 0 bridgehead atoms. The fourth-order valence-corrected chi connectivity index (χ4v) is 3.67. The second kappa shape index (κ2) is 7.10. The lowest BCUT2D eigenvalue weighted by Crippen LogP contribution is -2.09. The zero-order valence-corrected chi connectivity index (χ0v) is 11.4. The van der Waals surface area contributed by atoms with Gasteiger partial charge in [-0.3, -0.25) is 0 Å². The van der Waals surface area contributed by atoms with E-state index in [-0.39, 0.29) is 0 Å². The number of ether oxygens (including phenoxy) is 1. The highest BCUT2D eigenvalue weighted by atomic mass is 31.1. The molecule has 2 rings (SSSR count). The first-order valence-corrected chi connectivity index (χ1v) is 7.38. The Bertz CT molecular complexity index is 439. The SMILES string of the molecule is COC/C=C\P(c1ccccc1)c1ccccc1.